The zero-order chi connectivity index (χ0) is 23.5. The Balaban J connectivity index is 1.29. The average Bonchev–Trinajstić information content (AvgIpc) is 3.37. The zero-order valence-corrected chi connectivity index (χ0v) is 20.9. The number of hydrogen-bond acceptors (Lipinski definition) is 7. The van der Waals surface area contributed by atoms with Crippen LogP contribution in [0.4, 0.5) is 17.6 Å². The van der Waals surface area contributed by atoms with Gasteiger partial charge in [-0.25, -0.2) is 0 Å². The molecule has 3 aliphatic heterocycles. The van der Waals surface area contributed by atoms with Gasteiger partial charge in [0.1, 0.15) is 24.8 Å². The summed E-state index contributed by atoms with van der Waals surface area (Å²) >= 11 is 5.59. The van der Waals surface area contributed by atoms with E-state index in [1.165, 1.54) is 19.3 Å². The number of nitrogens with zero attached hydrogens (tertiary/aromatic N) is 4. The molecule has 2 N–H and O–H groups in total. The predicted octanol–water partition coefficient (Wildman–Crippen LogP) is 3.82. The third-order valence-electron chi connectivity index (χ3n) is 6.61. The van der Waals surface area contributed by atoms with Crippen LogP contribution in [0.15, 0.2) is 24.3 Å². The first kappa shape index (κ1) is 23.0. The first-order valence-electron chi connectivity index (χ1n) is 12.4. The summed E-state index contributed by atoms with van der Waals surface area (Å²) in [6, 6.07) is 8.10. The minimum Gasteiger partial charge on any atom is -0.486 e. The van der Waals surface area contributed by atoms with Crippen molar-refractivity contribution in [3.05, 3.63) is 29.8 Å². The van der Waals surface area contributed by atoms with Gasteiger partial charge in [-0.15, -0.1) is 0 Å². The lowest BCUT2D eigenvalue weighted by Crippen LogP contribution is -2.39. The van der Waals surface area contributed by atoms with Gasteiger partial charge in [-0.2, -0.15) is 9.97 Å². The average molecular weight is 483 g/mol. The van der Waals surface area contributed by atoms with Crippen LogP contribution in [0.2, 0.25) is 0 Å². The standard InChI is InChI=1S/C25H34N6O2S/c1-17-11-18(2)16-31(15-17)23-13-22(30-7-3-4-8-30)27-24(28-23)29-25(34)26-14-19-5-6-20-21(12-19)33-10-9-32-20/h5-6,12-13,17-18H,3-4,7-11,14-16H2,1-2H3,(H2,26,27,28,29,34). The largest absolute Gasteiger partial charge is 0.486 e. The molecular formula is C25H34N6O2S. The molecule has 3 aliphatic rings. The molecule has 2 saturated heterocycles. The van der Waals surface area contributed by atoms with E-state index in [1.807, 2.05) is 18.2 Å². The number of anilines is 3. The fourth-order valence-electron chi connectivity index (χ4n) is 5.12. The molecule has 4 heterocycles. The zero-order valence-electron chi connectivity index (χ0n) is 20.0. The molecule has 2 fully saturated rings. The Bertz CT molecular complexity index is 1020. The molecule has 0 aliphatic carbocycles. The van der Waals surface area contributed by atoms with Gasteiger partial charge < -0.3 is 29.9 Å². The third kappa shape index (κ3) is 5.46. The minimum atomic E-state index is 0.500. The Hall–Kier alpha value is -2.81. The number of thiocarbonyl (C=S) groups is 1. The van der Waals surface area contributed by atoms with Crippen molar-refractivity contribution in [2.75, 3.05) is 54.5 Å². The van der Waals surface area contributed by atoms with E-state index in [0.29, 0.717) is 42.7 Å². The molecule has 1 aromatic heterocycles. The smallest absolute Gasteiger partial charge is 0.232 e. The number of fused-ring (bicyclic) bond motifs is 1. The van der Waals surface area contributed by atoms with Crippen LogP contribution in [0.25, 0.3) is 0 Å². The van der Waals surface area contributed by atoms with E-state index in [4.69, 9.17) is 31.7 Å². The lowest BCUT2D eigenvalue weighted by Gasteiger charge is -2.36. The Labute approximate surface area is 207 Å². The molecule has 8 nitrogen and oxygen atoms in total. The normalized spacial score (nSPS) is 21.9. The number of aromatic nitrogens is 2. The third-order valence-corrected chi connectivity index (χ3v) is 6.85. The van der Waals surface area contributed by atoms with E-state index in [0.717, 1.165) is 54.9 Å². The molecule has 2 atom stereocenters. The lowest BCUT2D eigenvalue weighted by atomic mass is 9.92. The summed E-state index contributed by atoms with van der Waals surface area (Å²) in [4.78, 5) is 14.4. The van der Waals surface area contributed by atoms with Gasteiger partial charge in [0.25, 0.3) is 0 Å². The maximum absolute atomic E-state index is 5.68. The van der Waals surface area contributed by atoms with Gasteiger partial charge in [-0.3, -0.25) is 0 Å². The van der Waals surface area contributed by atoms with Crippen LogP contribution in [-0.2, 0) is 6.54 Å². The van der Waals surface area contributed by atoms with Gasteiger partial charge in [-0.05, 0) is 61.0 Å². The maximum atomic E-state index is 5.68. The van der Waals surface area contributed by atoms with Crippen molar-refractivity contribution >= 4 is 34.9 Å². The SMILES string of the molecule is CC1CC(C)CN(c2cc(N3CCCC3)nc(NC(=S)NCc3ccc4c(c3)OCCO4)n2)C1. The van der Waals surface area contributed by atoms with Crippen molar-refractivity contribution in [3.63, 3.8) is 0 Å². The highest BCUT2D eigenvalue weighted by molar-refractivity contribution is 7.80. The van der Waals surface area contributed by atoms with Crippen LogP contribution in [0.1, 0.15) is 38.7 Å². The van der Waals surface area contributed by atoms with Crippen LogP contribution < -0.4 is 29.9 Å². The van der Waals surface area contributed by atoms with Crippen molar-refractivity contribution in [2.45, 2.75) is 39.7 Å². The van der Waals surface area contributed by atoms with E-state index in [9.17, 15) is 0 Å². The molecule has 0 bridgehead atoms. The molecule has 9 heteroatoms. The first-order chi connectivity index (χ1) is 16.5. The molecule has 0 amide bonds. The molecule has 2 unspecified atom stereocenters. The fourth-order valence-corrected chi connectivity index (χ4v) is 5.29. The molecule has 5 rings (SSSR count). The quantitative estimate of drug-likeness (QED) is 0.619. The van der Waals surface area contributed by atoms with Crippen LogP contribution in [-0.4, -0.2) is 54.5 Å². The van der Waals surface area contributed by atoms with Gasteiger partial charge >= 0.3 is 0 Å². The second-order valence-corrected chi connectivity index (χ2v) is 10.1. The number of ether oxygens (including phenoxy) is 2. The van der Waals surface area contributed by atoms with E-state index >= 15 is 0 Å². The van der Waals surface area contributed by atoms with Crippen molar-refractivity contribution in [3.8, 4) is 11.5 Å². The number of piperidine rings is 1. The summed E-state index contributed by atoms with van der Waals surface area (Å²) in [6.45, 7) is 10.5. The molecule has 182 valence electrons. The van der Waals surface area contributed by atoms with E-state index in [1.54, 1.807) is 0 Å². The second kappa shape index (κ2) is 10.2. The second-order valence-electron chi connectivity index (χ2n) is 9.74. The van der Waals surface area contributed by atoms with Crippen LogP contribution in [0, 0.1) is 11.8 Å². The minimum absolute atomic E-state index is 0.500. The highest BCUT2D eigenvalue weighted by Gasteiger charge is 2.25. The van der Waals surface area contributed by atoms with Gasteiger partial charge in [-0.1, -0.05) is 19.9 Å². The molecule has 0 saturated carbocycles. The Morgan fingerprint density at radius 2 is 1.65 bits per heavy atom. The lowest BCUT2D eigenvalue weighted by molar-refractivity contribution is 0.171. The van der Waals surface area contributed by atoms with Gasteiger partial charge in [0.15, 0.2) is 16.6 Å². The summed E-state index contributed by atoms with van der Waals surface area (Å²) in [5, 5.41) is 7.00. The van der Waals surface area contributed by atoms with Crippen LogP contribution in [0.3, 0.4) is 0 Å². The van der Waals surface area contributed by atoms with E-state index in [-0.39, 0.29) is 0 Å². The number of benzene rings is 1. The highest BCUT2D eigenvalue weighted by Crippen LogP contribution is 2.31. The van der Waals surface area contributed by atoms with Gasteiger partial charge in [0.05, 0.1) is 0 Å². The summed E-state index contributed by atoms with van der Waals surface area (Å²) in [6.07, 6.45) is 3.67. The number of hydrogen-bond donors (Lipinski definition) is 2. The topological polar surface area (TPSA) is 74.8 Å². The summed E-state index contributed by atoms with van der Waals surface area (Å²) < 4.78 is 11.3. The van der Waals surface area contributed by atoms with Crippen LogP contribution >= 0.6 is 12.2 Å². The van der Waals surface area contributed by atoms with Crippen molar-refractivity contribution < 1.29 is 9.47 Å². The summed E-state index contributed by atoms with van der Waals surface area (Å²) in [7, 11) is 0. The molecule has 0 spiro atoms. The number of nitrogens with one attached hydrogen (secondary N) is 2. The van der Waals surface area contributed by atoms with Crippen molar-refractivity contribution in [1.82, 2.24) is 15.3 Å². The molecule has 2 aromatic rings. The summed E-state index contributed by atoms with van der Waals surface area (Å²) in [5.41, 5.74) is 1.07. The Morgan fingerprint density at radius 1 is 0.971 bits per heavy atom. The maximum Gasteiger partial charge on any atom is 0.232 e. The molecule has 34 heavy (non-hydrogen) atoms. The van der Waals surface area contributed by atoms with Crippen molar-refractivity contribution in [1.29, 1.82) is 0 Å². The fraction of sp³-hybridized carbons (Fsp3) is 0.560. The molecule has 1 aromatic carbocycles. The van der Waals surface area contributed by atoms with E-state index in [2.05, 4.69) is 40.3 Å². The molecule has 0 radical (unpaired) electrons. The Kier molecular flexibility index (Phi) is 6.89. The van der Waals surface area contributed by atoms with E-state index < -0.39 is 0 Å². The molecular weight excluding hydrogens is 448 g/mol. The predicted molar refractivity (Wildman–Crippen MR) is 139 cm³/mol. The highest BCUT2D eigenvalue weighted by atomic mass is 32.1. The number of rotatable bonds is 5. The van der Waals surface area contributed by atoms with Gasteiger partial charge in [0, 0.05) is 38.8 Å². The van der Waals surface area contributed by atoms with Crippen LogP contribution in [0.5, 0.6) is 11.5 Å². The Morgan fingerprint density at radius 3 is 2.38 bits per heavy atom. The summed E-state index contributed by atoms with van der Waals surface area (Å²) in [5.74, 6) is 5.37. The van der Waals surface area contributed by atoms with Gasteiger partial charge in [0.2, 0.25) is 5.95 Å². The first-order valence-corrected chi connectivity index (χ1v) is 12.8. The monoisotopic (exact) mass is 482 g/mol. The van der Waals surface area contributed by atoms with Crippen molar-refractivity contribution in [2.24, 2.45) is 11.8 Å².